The van der Waals surface area contributed by atoms with Gasteiger partial charge in [-0.3, -0.25) is 9.59 Å². The van der Waals surface area contributed by atoms with Crippen LogP contribution in [0, 0.1) is 11.3 Å². The Hall–Kier alpha value is -1.06. The maximum Gasteiger partial charge on any atom is 0.248 e. The lowest BCUT2D eigenvalue weighted by Gasteiger charge is -2.41. The van der Waals surface area contributed by atoms with Crippen molar-refractivity contribution in [2.45, 2.75) is 52.5 Å². The molecule has 0 radical (unpaired) electrons. The maximum atomic E-state index is 12.5. The molecule has 1 saturated carbocycles. The molecule has 1 heterocycles. The van der Waals surface area contributed by atoms with E-state index in [-0.39, 0.29) is 23.8 Å². The molecule has 0 bridgehead atoms. The summed E-state index contributed by atoms with van der Waals surface area (Å²) in [4.78, 5) is 26.0. The summed E-state index contributed by atoms with van der Waals surface area (Å²) in [6.45, 7) is 9.15. The predicted octanol–water partition coefficient (Wildman–Crippen LogP) is 1.55. The lowest BCUT2D eigenvalue weighted by molar-refractivity contribution is -0.150. The van der Waals surface area contributed by atoms with Crippen molar-refractivity contribution in [3.8, 4) is 0 Å². The predicted molar refractivity (Wildman–Crippen MR) is 69.9 cm³/mol. The number of carbonyl (C=O) groups excluding carboxylic acids is 2. The number of carbonyl (C=O) groups is 2. The highest BCUT2D eigenvalue weighted by Gasteiger charge is 2.50. The standard InChI is InChI=1S/C14H24N2O2/c1-5-13(4)12(18)16(8-11(17)15-13)9-14(6-7-14)10(2)3/h10H,5-9H2,1-4H3,(H,15,17). The van der Waals surface area contributed by atoms with Crippen molar-refractivity contribution in [2.24, 2.45) is 11.3 Å². The molecule has 4 heteroatoms. The smallest absolute Gasteiger partial charge is 0.248 e. The molecule has 0 spiro atoms. The van der Waals surface area contributed by atoms with Crippen LogP contribution in [0.5, 0.6) is 0 Å². The molecule has 1 unspecified atom stereocenters. The highest BCUT2D eigenvalue weighted by atomic mass is 16.2. The molecule has 2 aliphatic rings. The quantitative estimate of drug-likeness (QED) is 0.825. The number of amides is 2. The van der Waals surface area contributed by atoms with Crippen LogP contribution in [0.3, 0.4) is 0 Å². The fourth-order valence-corrected chi connectivity index (χ4v) is 2.82. The zero-order chi connectivity index (χ0) is 13.6. The van der Waals surface area contributed by atoms with Gasteiger partial charge in [-0.1, -0.05) is 20.8 Å². The molecule has 2 fully saturated rings. The van der Waals surface area contributed by atoms with E-state index in [0.29, 0.717) is 12.3 Å². The zero-order valence-electron chi connectivity index (χ0n) is 11.9. The minimum Gasteiger partial charge on any atom is -0.340 e. The molecule has 1 aliphatic heterocycles. The molecular formula is C14H24N2O2. The van der Waals surface area contributed by atoms with Gasteiger partial charge < -0.3 is 10.2 Å². The molecule has 1 aliphatic carbocycles. The molecule has 2 rings (SSSR count). The van der Waals surface area contributed by atoms with Crippen LogP contribution in [0.25, 0.3) is 0 Å². The summed E-state index contributed by atoms with van der Waals surface area (Å²) in [5.41, 5.74) is -0.440. The third kappa shape index (κ3) is 2.13. The number of piperazine rings is 1. The molecule has 0 aromatic carbocycles. The van der Waals surface area contributed by atoms with E-state index in [1.165, 1.54) is 12.8 Å². The fourth-order valence-electron chi connectivity index (χ4n) is 2.82. The number of nitrogens with zero attached hydrogens (tertiary/aromatic N) is 1. The van der Waals surface area contributed by atoms with Crippen LogP contribution in [0.4, 0.5) is 0 Å². The molecule has 18 heavy (non-hydrogen) atoms. The number of rotatable bonds is 4. The van der Waals surface area contributed by atoms with Crippen LogP contribution in [0.2, 0.25) is 0 Å². The normalized spacial score (nSPS) is 30.6. The SMILES string of the molecule is CCC1(C)NC(=O)CN(CC2(C(C)C)CC2)C1=O. The van der Waals surface area contributed by atoms with E-state index >= 15 is 0 Å². The maximum absolute atomic E-state index is 12.5. The van der Waals surface area contributed by atoms with Gasteiger partial charge >= 0.3 is 0 Å². The Morgan fingerprint density at radius 1 is 1.33 bits per heavy atom. The fraction of sp³-hybridized carbons (Fsp3) is 0.857. The van der Waals surface area contributed by atoms with Crippen LogP contribution in [-0.4, -0.2) is 35.3 Å². The summed E-state index contributed by atoms with van der Waals surface area (Å²) in [6, 6.07) is 0. The summed E-state index contributed by atoms with van der Waals surface area (Å²) in [5.74, 6) is 0.623. The second-order valence-corrected chi connectivity index (χ2v) is 6.41. The van der Waals surface area contributed by atoms with Crippen molar-refractivity contribution >= 4 is 11.8 Å². The Morgan fingerprint density at radius 2 is 1.94 bits per heavy atom. The van der Waals surface area contributed by atoms with Gasteiger partial charge in [0.2, 0.25) is 11.8 Å². The molecule has 4 nitrogen and oxygen atoms in total. The molecule has 2 amide bonds. The largest absolute Gasteiger partial charge is 0.340 e. The molecule has 1 saturated heterocycles. The number of hydrogen-bond acceptors (Lipinski definition) is 2. The Balaban J connectivity index is 2.13. The van der Waals surface area contributed by atoms with Crippen molar-refractivity contribution in [3.05, 3.63) is 0 Å². The van der Waals surface area contributed by atoms with Crippen molar-refractivity contribution in [2.75, 3.05) is 13.1 Å². The Bertz CT molecular complexity index is 374. The first-order valence-electron chi connectivity index (χ1n) is 6.93. The first kappa shape index (κ1) is 13.4. The van der Waals surface area contributed by atoms with Crippen LogP contribution < -0.4 is 5.32 Å². The summed E-state index contributed by atoms with van der Waals surface area (Å²) in [7, 11) is 0. The van der Waals surface area contributed by atoms with Gasteiger partial charge in [-0.25, -0.2) is 0 Å². The first-order chi connectivity index (χ1) is 8.33. The molecule has 1 atom stereocenters. The number of hydrogen-bond donors (Lipinski definition) is 1. The molecule has 0 aromatic heterocycles. The topological polar surface area (TPSA) is 49.4 Å². The van der Waals surface area contributed by atoms with Crippen molar-refractivity contribution in [3.63, 3.8) is 0 Å². The average molecular weight is 252 g/mol. The van der Waals surface area contributed by atoms with Crippen LogP contribution >= 0.6 is 0 Å². The second-order valence-electron chi connectivity index (χ2n) is 6.41. The van der Waals surface area contributed by atoms with E-state index in [1.54, 1.807) is 4.90 Å². The Labute approximate surface area is 109 Å². The summed E-state index contributed by atoms with van der Waals surface area (Å²) in [6.07, 6.45) is 3.00. The van der Waals surface area contributed by atoms with Gasteiger partial charge in [0.05, 0.1) is 6.54 Å². The molecule has 0 aromatic rings. The molecular weight excluding hydrogens is 228 g/mol. The highest BCUT2D eigenvalue weighted by Crippen LogP contribution is 2.52. The summed E-state index contributed by atoms with van der Waals surface area (Å²) < 4.78 is 0. The van der Waals surface area contributed by atoms with Gasteiger partial charge in [-0.15, -0.1) is 0 Å². The van der Waals surface area contributed by atoms with E-state index in [2.05, 4.69) is 19.2 Å². The average Bonchev–Trinajstić information content (AvgIpc) is 3.06. The highest BCUT2D eigenvalue weighted by molar-refractivity contribution is 5.97. The third-order valence-electron chi connectivity index (χ3n) is 4.84. The first-order valence-corrected chi connectivity index (χ1v) is 6.93. The summed E-state index contributed by atoms with van der Waals surface area (Å²) >= 11 is 0. The van der Waals surface area contributed by atoms with E-state index < -0.39 is 5.54 Å². The van der Waals surface area contributed by atoms with Gasteiger partial charge in [0, 0.05) is 6.54 Å². The van der Waals surface area contributed by atoms with Gasteiger partial charge in [0.15, 0.2) is 0 Å². The van der Waals surface area contributed by atoms with Crippen molar-refractivity contribution in [1.29, 1.82) is 0 Å². The third-order valence-corrected chi connectivity index (χ3v) is 4.84. The van der Waals surface area contributed by atoms with E-state index in [1.807, 2.05) is 13.8 Å². The van der Waals surface area contributed by atoms with Crippen LogP contribution in [-0.2, 0) is 9.59 Å². The van der Waals surface area contributed by atoms with Gasteiger partial charge in [0.25, 0.3) is 0 Å². The van der Waals surface area contributed by atoms with Gasteiger partial charge in [-0.2, -0.15) is 0 Å². The minimum absolute atomic E-state index is 0.0292. The van der Waals surface area contributed by atoms with Crippen LogP contribution in [0.15, 0.2) is 0 Å². The lowest BCUT2D eigenvalue weighted by atomic mass is 9.89. The monoisotopic (exact) mass is 252 g/mol. The van der Waals surface area contributed by atoms with E-state index in [4.69, 9.17) is 0 Å². The summed E-state index contributed by atoms with van der Waals surface area (Å²) in [5, 5.41) is 2.83. The van der Waals surface area contributed by atoms with Gasteiger partial charge in [0.1, 0.15) is 5.54 Å². The molecule has 102 valence electrons. The van der Waals surface area contributed by atoms with Crippen LogP contribution in [0.1, 0.15) is 47.0 Å². The van der Waals surface area contributed by atoms with E-state index in [9.17, 15) is 9.59 Å². The minimum atomic E-state index is -0.706. The second kappa shape index (κ2) is 4.25. The van der Waals surface area contributed by atoms with Gasteiger partial charge in [-0.05, 0) is 37.5 Å². The Morgan fingerprint density at radius 3 is 2.39 bits per heavy atom. The zero-order valence-corrected chi connectivity index (χ0v) is 11.9. The van der Waals surface area contributed by atoms with Crippen molar-refractivity contribution in [1.82, 2.24) is 10.2 Å². The Kier molecular flexibility index (Phi) is 3.16. The molecule has 1 N–H and O–H groups in total. The van der Waals surface area contributed by atoms with E-state index in [0.717, 1.165) is 6.54 Å². The van der Waals surface area contributed by atoms with Crippen molar-refractivity contribution < 1.29 is 9.59 Å². The number of nitrogens with one attached hydrogen (secondary N) is 1. The lowest BCUT2D eigenvalue weighted by Crippen LogP contribution is -2.65.